The minimum Gasteiger partial charge on any atom is -0.381 e. The standard InChI is InChI=1S/C12H24O/c1-3-9-13-10-12-7-5-11(4-2)6-8-12/h11-12H,3-10H2,1-2H3. The zero-order valence-electron chi connectivity index (χ0n) is 9.22. The van der Waals surface area contributed by atoms with Crippen molar-refractivity contribution in [1.82, 2.24) is 0 Å². The molecular formula is C12H24O. The first-order chi connectivity index (χ1) is 6.36. The third kappa shape index (κ3) is 4.12. The zero-order chi connectivity index (χ0) is 9.52. The molecular weight excluding hydrogens is 160 g/mol. The fourth-order valence-electron chi connectivity index (χ4n) is 2.20. The van der Waals surface area contributed by atoms with Gasteiger partial charge in [-0.1, -0.05) is 33.1 Å². The lowest BCUT2D eigenvalue weighted by Gasteiger charge is -2.27. The summed E-state index contributed by atoms with van der Waals surface area (Å²) in [5.41, 5.74) is 0. The van der Waals surface area contributed by atoms with Gasteiger partial charge in [0.1, 0.15) is 0 Å². The Kier molecular flexibility index (Phi) is 5.45. The van der Waals surface area contributed by atoms with Crippen LogP contribution in [0.4, 0.5) is 0 Å². The van der Waals surface area contributed by atoms with Gasteiger partial charge in [0, 0.05) is 13.2 Å². The average Bonchev–Trinajstić information content (AvgIpc) is 2.19. The molecule has 0 aromatic rings. The third-order valence-electron chi connectivity index (χ3n) is 3.25. The first kappa shape index (κ1) is 11.0. The normalized spacial score (nSPS) is 29.1. The minimum absolute atomic E-state index is 0.870. The Hall–Kier alpha value is -0.0400. The van der Waals surface area contributed by atoms with E-state index in [-0.39, 0.29) is 0 Å². The predicted molar refractivity (Wildman–Crippen MR) is 56.8 cm³/mol. The van der Waals surface area contributed by atoms with E-state index in [4.69, 9.17) is 4.74 Å². The van der Waals surface area contributed by atoms with Crippen LogP contribution in [-0.2, 0) is 4.74 Å². The Balaban J connectivity index is 2.03. The summed E-state index contributed by atoms with van der Waals surface area (Å²) in [7, 11) is 0. The van der Waals surface area contributed by atoms with Crippen LogP contribution in [0, 0.1) is 11.8 Å². The molecule has 0 unspecified atom stereocenters. The Morgan fingerprint density at radius 3 is 2.15 bits per heavy atom. The maximum absolute atomic E-state index is 5.59. The van der Waals surface area contributed by atoms with Gasteiger partial charge in [-0.2, -0.15) is 0 Å². The molecule has 0 aromatic heterocycles. The van der Waals surface area contributed by atoms with Crippen LogP contribution in [0.5, 0.6) is 0 Å². The quantitative estimate of drug-likeness (QED) is 0.593. The van der Waals surface area contributed by atoms with Crippen LogP contribution in [0.1, 0.15) is 52.4 Å². The van der Waals surface area contributed by atoms with Gasteiger partial charge in [0.15, 0.2) is 0 Å². The highest BCUT2D eigenvalue weighted by atomic mass is 16.5. The van der Waals surface area contributed by atoms with Crippen molar-refractivity contribution in [2.45, 2.75) is 52.4 Å². The molecule has 0 heterocycles. The summed E-state index contributed by atoms with van der Waals surface area (Å²) in [5.74, 6) is 1.89. The van der Waals surface area contributed by atoms with E-state index < -0.39 is 0 Å². The van der Waals surface area contributed by atoms with Crippen LogP contribution in [-0.4, -0.2) is 13.2 Å². The highest BCUT2D eigenvalue weighted by Crippen LogP contribution is 2.30. The number of ether oxygens (including phenoxy) is 1. The topological polar surface area (TPSA) is 9.23 Å². The smallest absolute Gasteiger partial charge is 0.0494 e. The molecule has 1 aliphatic rings. The lowest BCUT2D eigenvalue weighted by atomic mass is 9.81. The molecule has 1 nitrogen and oxygen atoms in total. The average molecular weight is 184 g/mol. The van der Waals surface area contributed by atoms with Crippen molar-refractivity contribution in [3.63, 3.8) is 0 Å². The highest BCUT2D eigenvalue weighted by Gasteiger charge is 2.19. The molecule has 0 N–H and O–H groups in total. The number of hydrogen-bond acceptors (Lipinski definition) is 1. The molecule has 0 aromatic carbocycles. The van der Waals surface area contributed by atoms with Gasteiger partial charge in [0.2, 0.25) is 0 Å². The van der Waals surface area contributed by atoms with Gasteiger partial charge < -0.3 is 4.74 Å². The fourth-order valence-corrected chi connectivity index (χ4v) is 2.20. The van der Waals surface area contributed by atoms with Gasteiger partial charge >= 0.3 is 0 Å². The van der Waals surface area contributed by atoms with Crippen LogP contribution in [0.2, 0.25) is 0 Å². The van der Waals surface area contributed by atoms with Crippen molar-refractivity contribution < 1.29 is 4.74 Å². The van der Waals surface area contributed by atoms with Gasteiger partial charge in [-0.05, 0) is 31.1 Å². The van der Waals surface area contributed by atoms with Crippen molar-refractivity contribution in [3.8, 4) is 0 Å². The maximum Gasteiger partial charge on any atom is 0.0494 e. The van der Waals surface area contributed by atoms with E-state index in [0.717, 1.165) is 31.5 Å². The lowest BCUT2D eigenvalue weighted by Crippen LogP contribution is -2.18. The molecule has 1 rings (SSSR count). The van der Waals surface area contributed by atoms with E-state index in [0.29, 0.717) is 0 Å². The van der Waals surface area contributed by atoms with E-state index in [1.807, 2.05) is 0 Å². The molecule has 0 radical (unpaired) electrons. The zero-order valence-corrected chi connectivity index (χ0v) is 9.22. The summed E-state index contributed by atoms with van der Waals surface area (Å²) in [6.45, 7) is 6.46. The molecule has 0 atom stereocenters. The molecule has 1 aliphatic carbocycles. The van der Waals surface area contributed by atoms with Crippen molar-refractivity contribution in [3.05, 3.63) is 0 Å². The van der Waals surface area contributed by atoms with Crippen LogP contribution in [0.15, 0.2) is 0 Å². The number of rotatable bonds is 5. The molecule has 1 fully saturated rings. The minimum atomic E-state index is 0.870. The summed E-state index contributed by atoms with van der Waals surface area (Å²) in [5, 5.41) is 0. The first-order valence-corrected chi connectivity index (χ1v) is 5.94. The molecule has 0 spiro atoms. The summed E-state index contributed by atoms with van der Waals surface area (Å²) < 4.78 is 5.59. The van der Waals surface area contributed by atoms with Gasteiger partial charge in [0.25, 0.3) is 0 Å². The molecule has 13 heavy (non-hydrogen) atoms. The Labute approximate surface area is 82.9 Å². The molecule has 0 bridgehead atoms. The third-order valence-corrected chi connectivity index (χ3v) is 3.25. The Morgan fingerprint density at radius 2 is 1.62 bits per heavy atom. The second kappa shape index (κ2) is 6.42. The van der Waals surface area contributed by atoms with Gasteiger partial charge in [-0.25, -0.2) is 0 Å². The van der Waals surface area contributed by atoms with Crippen molar-refractivity contribution >= 4 is 0 Å². The fraction of sp³-hybridized carbons (Fsp3) is 1.00. The van der Waals surface area contributed by atoms with E-state index in [2.05, 4.69) is 13.8 Å². The van der Waals surface area contributed by atoms with Crippen LogP contribution >= 0.6 is 0 Å². The predicted octanol–water partition coefficient (Wildman–Crippen LogP) is 3.63. The summed E-state index contributed by atoms with van der Waals surface area (Å²) in [6, 6.07) is 0. The van der Waals surface area contributed by atoms with Crippen molar-refractivity contribution in [2.75, 3.05) is 13.2 Å². The van der Waals surface area contributed by atoms with E-state index in [1.54, 1.807) is 0 Å². The van der Waals surface area contributed by atoms with E-state index in [9.17, 15) is 0 Å². The Morgan fingerprint density at radius 1 is 1.00 bits per heavy atom. The van der Waals surface area contributed by atoms with Gasteiger partial charge in [0.05, 0.1) is 0 Å². The van der Waals surface area contributed by atoms with Crippen molar-refractivity contribution in [1.29, 1.82) is 0 Å². The first-order valence-electron chi connectivity index (χ1n) is 5.94. The second-order valence-corrected chi connectivity index (χ2v) is 4.37. The molecule has 1 heteroatoms. The van der Waals surface area contributed by atoms with Crippen LogP contribution in [0.3, 0.4) is 0 Å². The summed E-state index contributed by atoms with van der Waals surface area (Å²) >= 11 is 0. The SMILES string of the molecule is CCCOCC1CCC(CC)CC1. The van der Waals surface area contributed by atoms with Crippen molar-refractivity contribution in [2.24, 2.45) is 11.8 Å². The van der Waals surface area contributed by atoms with E-state index >= 15 is 0 Å². The lowest BCUT2D eigenvalue weighted by molar-refractivity contribution is 0.0778. The van der Waals surface area contributed by atoms with Crippen LogP contribution in [0.25, 0.3) is 0 Å². The van der Waals surface area contributed by atoms with Gasteiger partial charge in [-0.15, -0.1) is 0 Å². The molecule has 0 aliphatic heterocycles. The monoisotopic (exact) mass is 184 g/mol. The molecule has 0 amide bonds. The molecule has 1 saturated carbocycles. The summed E-state index contributed by atoms with van der Waals surface area (Å²) in [4.78, 5) is 0. The Bertz CT molecular complexity index is 112. The van der Waals surface area contributed by atoms with E-state index in [1.165, 1.54) is 32.1 Å². The van der Waals surface area contributed by atoms with Crippen LogP contribution < -0.4 is 0 Å². The molecule has 0 saturated heterocycles. The van der Waals surface area contributed by atoms with Gasteiger partial charge in [-0.3, -0.25) is 0 Å². The largest absolute Gasteiger partial charge is 0.381 e. The number of hydrogen-bond donors (Lipinski definition) is 0. The summed E-state index contributed by atoms with van der Waals surface area (Å²) in [6.07, 6.45) is 8.23. The maximum atomic E-state index is 5.59. The molecule has 78 valence electrons. The second-order valence-electron chi connectivity index (χ2n) is 4.37. The highest BCUT2D eigenvalue weighted by molar-refractivity contribution is 4.71.